The molecule has 1 saturated heterocycles. The van der Waals surface area contributed by atoms with E-state index in [2.05, 4.69) is 82.0 Å². The molecule has 7 heteroatoms. The Bertz CT molecular complexity index is 799. The average molecular weight is 523 g/mol. The van der Waals surface area contributed by atoms with Crippen LogP contribution < -0.4 is 20.3 Å². The van der Waals surface area contributed by atoms with Crippen LogP contribution >= 0.6 is 24.0 Å². The number of likely N-dealkylation sites (N-methyl/N-ethyl adjacent to an activating group) is 1. The van der Waals surface area contributed by atoms with Gasteiger partial charge in [-0.15, -0.1) is 24.0 Å². The van der Waals surface area contributed by atoms with Gasteiger partial charge in [0, 0.05) is 38.4 Å². The Balaban J connectivity index is 0.00000320. The Hall–Kier alpha value is -2.00. The molecule has 1 fully saturated rings. The van der Waals surface area contributed by atoms with Crippen LogP contribution in [0.15, 0.2) is 59.6 Å². The Morgan fingerprint density at radius 3 is 2.63 bits per heavy atom. The van der Waals surface area contributed by atoms with Crippen LogP contribution in [-0.4, -0.2) is 64.8 Å². The molecule has 3 rings (SSSR count). The smallest absolute Gasteiger partial charge is 0.191 e. The van der Waals surface area contributed by atoms with Crippen LogP contribution in [0.5, 0.6) is 5.75 Å². The van der Waals surface area contributed by atoms with E-state index in [1.165, 1.54) is 11.3 Å². The fraction of sp³-hybridized carbons (Fsp3) is 0.435. The topological polar surface area (TPSA) is 52.1 Å². The molecule has 0 aliphatic carbocycles. The van der Waals surface area contributed by atoms with Crippen molar-refractivity contribution in [2.45, 2.75) is 18.5 Å². The number of para-hydroxylation sites is 1. The van der Waals surface area contributed by atoms with E-state index in [9.17, 15) is 0 Å². The first kappa shape index (κ1) is 24.3. The van der Waals surface area contributed by atoms with Crippen molar-refractivity contribution in [3.63, 3.8) is 0 Å². The second-order valence-corrected chi connectivity index (χ2v) is 7.62. The van der Waals surface area contributed by atoms with E-state index in [0.717, 1.165) is 37.8 Å². The van der Waals surface area contributed by atoms with E-state index >= 15 is 0 Å². The predicted octanol–water partition coefficient (Wildman–Crippen LogP) is 3.36. The molecule has 0 bridgehead atoms. The lowest BCUT2D eigenvalue weighted by atomic mass is 10.1. The SMILES string of the molecule is CN=C(NCC(c1cccc(OC)c1)N(C)C)NC1CCN(c2ccccc2)C1.I. The molecule has 164 valence electrons. The molecule has 0 spiro atoms. The summed E-state index contributed by atoms with van der Waals surface area (Å²) in [6.45, 7) is 2.80. The lowest BCUT2D eigenvalue weighted by Gasteiger charge is -2.27. The zero-order chi connectivity index (χ0) is 20.6. The van der Waals surface area contributed by atoms with E-state index in [4.69, 9.17) is 4.74 Å². The summed E-state index contributed by atoms with van der Waals surface area (Å²) in [6.07, 6.45) is 1.10. The van der Waals surface area contributed by atoms with Gasteiger partial charge in [-0.05, 0) is 50.3 Å². The third-order valence-electron chi connectivity index (χ3n) is 5.44. The van der Waals surface area contributed by atoms with E-state index in [1.54, 1.807) is 7.11 Å². The van der Waals surface area contributed by atoms with Gasteiger partial charge in [0.1, 0.15) is 5.75 Å². The summed E-state index contributed by atoms with van der Waals surface area (Å²) < 4.78 is 5.39. The minimum atomic E-state index is 0. The minimum Gasteiger partial charge on any atom is -0.497 e. The number of hydrogen-bond donors (Lipinski definition) is 2. The van der Waals surface area contributed by atoms with E-state index in [1.807, 2.05) is 19.2 Å². The molecule has 6 nitrogen and oxygen atoms in total. The summed E-state index contributed by atoms with van der Waals surface area (Å²) in [7, 11) is 7.72. The Labute approximate surface area is 197 Å². The van der Waals surface area contributed by atoms with Gasteiger partial charge >= 0.3 is 0 Å². The molecule has 2 N–H and O–H groups in total. The molecule has 2 atom stereocenters. The summed E-state index contributed by atoms with van der Waals surface area (Å²) in [4.78, 5) is 9.07. The van der Waals surface area contributed by atoms with Crippen LogP contribution in [-0.2, 0) is 0 Å². The van der Waals surface area contributed by atoms with Gasteiger partial charge in [0.25, 0.3) is 0 Å². The summed E-state index contributed by atoms with van der Waals surface area (Å²) in [5.74, 6) is 1.73. The number of methoxy groups -OCH3 is 1. The molecule has 2 aromatic carbocycles. The van der Waals surface area contributed by atoms with Gasteiger partial charge < -0.3 is 25.2 Å². The van der Waals surface area contributed by atoms with Crippen molar-refractivity contribution in [2.24, 2.45) is 4.99 Å². The molecule has 1 aliphatic rings. The molecule has 1 heterocycles. The van der Waals surface area contributed by atoms with Crippen LogP contribution in [0, 0.1) is 0 Å². The zero-order valence-corrected chi connectivity index (χ0v) is 20.7. The van der Waals surface area contributed by atoms with E-state index < -0.39 is 0 Å². The molecular weight excluding hydrogens is 489 g/mol. The highest BCUT2D eigenvalue weighted by atomic mass is 127. The molecular formula is C23H34IN5O. The summed E-state index contributed by atoms with van der Waals surface area (Å²) >= 11 is 0. The van der Waals surface area contributed by atoms with Gasteiger partial charge in [-0.25, -0.2) is 0 Å². The van der Waals surface area contributed by atoms with Crippen molar-refractivity contribution in [1.82, 2.24) is 15.5 Å². The molecule has 30 heavy (non-hydrogen) atoms. The highest BCUT2D eigenvalue weighted by molar-refractivity contribution is 14.0. The number of aliphatic imine (C=N–C) groups is 1. The van der Waals surface area contributed by atoms with Crippen LogP contribution in [0.2, 0.25) is 0 Å². The van der Waals surface area contributed by atoms with Crippen LogP contribution in [0.4, 0.5) is 5.69 Å². The number of rotatable bonds is 7. The third kappa shape index (κ3) is 6.50. The monoisotopic (exact) mass is 523 g/mol. The normalized spacial score (nSPS) is 17.4. The number of nitrogens with zero attached hydrogens (tertiary/aromatic N) is 3. The van der Waals surface area contributed by atoms with Crippen molar-refractivity contribution >= 4 is 35.6 Å². The molecule has 0 saturated carbocycles. The molecule has 0 amide bonds. The lowest BCUT2D eigenvalue weighted by Crippen LogP contribution is -2.46. The average Bonchev–Trinajstić information content (AvgIpc) is 3.22. The van der Waals surface area contributed by atoms with Crippen LogP contribution in [0.3, 0.4) is 0 Å². The minimum absolute atomic E-state index is 0. The fourth-order valence-corrected chi connectivity index (χ4v) is 3.78. The third-order valence-corrected chi connectivity index (χ3v) is 5.44. The summed E-state index contributed by atoms with van der Waals surface area (Å²) in [6, 6.07) is 19.4. The second kappa shape index (κ2) is 12.0. The van der Waals surface area contributed by atoms with E-state index in [-0.39, 0.29) is 30.0 Å². The maximum Gasteiger partial charge on any atom is 0.191 e. The quantitative estimate of drug-likeness (QED) is 0.331. The van der Waals surface area contributed by atoms with Crippen molar-refractivity contribution in [2.75, 3.05) is 52.8 Å². The first-order valence-corrected chi connectivity index (χ1v) is 10.2. The molecule has 2 unspecified atom stereocenters. The van der Waals surface area contributed by atoms with Gasteiger partial charge in [-0.3, -0.25) is 4.99 Å². The number of hydrogen-bond acceptors (Lipinski definition) is 4. The van der Waals surface area contributed by atoms with Crippen molar-refractivity contribution < 1.29 is 4.74 Å². The van der Waals surface area contributed by atoms with Gasteiger partial charge in [0.05, 0.1) is 13.2 Å². The first-order chi connectivity index (χ1) is 14.1. The number of halogens is 1. The lowest BCUT2D eigenvalue weighted by molar-refractivity contribution is 0.297. The fourth-order valence-electron chi connectivity index (χ4n) is 3.78. The van der Waals surface area contributed by atoms with E-state index in [0.29, 0.717) is 6.04 Å². The Morgan fingerprint density at radius 1 is 1.20 bits per heavy atom. The van der Waals surface area contributed by atoms with Gasteiger partial charge in [-0.2, -0.15) is 0 Å². The predicted molar refractivity (Wildman–Crippen MR) is 136 cm³/mol. The standard InChI is InChI=1S/C23H33N5O.HI/c1-24-23(26-19-13-14-28(17-19)20-10-6-5-7-11-20)25-16-22(27(2)3)18-9-8-12-21(15-18)29-4;/h5-12,15,19,22H,13-14,16-17H2,1-4H3,(H2,24,25,26);1H. The maximum absolute atomic E-state index is 5.39. The van der Waals surface area contributed by atoms with Crippen LogP contribution in [0.1, 0.15) is 18.0 Å². The van der Waals surface area contributed by atoms with Crippen molar-refractivity contribution in [3.05, 3.63) is 60.2 Å². The largest absolute Gasteiger partial charge is 0.497 e. The highest BCUT2D eigenvalue weighted by Crippen LogP contribution is 2.22. The Kier molecular flexibility index (Phi) is 9.71. The number of ether oxygens (including phenoxy) is 1. The highest BCUT2D eigenvalue weighted by Gasteiger charge is 2.24. The van der Waals surface area contributed by atoms with Crippen molar-refractivity contribution in [3.8, 4) is 5.75 Å². The van der Waals surface area contributed by atoms with Gasteiger partial charge in [0.2, 0.25) is 0 Å². The molecule has 0 aromatic heterocycles. The number of nitrogens with one attached hydrogen (secondary N) is 2. The van der Waals surface area contributed by atoms with Crippen molar-refractivity contribution in [1.29, 1.82) is 0 Å². The second-order valence-electron chi connectivity index (χ2n) is 7.62. The maximum atomic E-state index is 5.39. The molecule has 0 radical (unpaired) electrons. The zero-order valence-electron chi connectivity index (χ0n) is 18.3. The van der Waals surface area contributed by atoms with Crippen LogP contribution in [0.25, 0.3) is 0 Å². The summed E-state index contributed by atoms with van der Waals surface area (Å²) in [5, 5.41) is 7.09. The van der Waals surface area contributed by atoms with Gasteiger partial charge in [0.15, 0.2) is 5.96 Å². The molecule has 1 aliphatic heterocycles. The number of anilines is 1. The number of benzene rings is 2. The van der Waals surface area contributed by atoms with Gasteiger partial charge in [-0.1, -0.05) is 30.3 Å². The first-order valence-electron chi connectivity index (χ1n) is 10.2. The molecule has 2 aromatic rings. The number of guanidine groups is 1. The summed E-state index contributed by atoms with van der Waals surface area (Å²) in [5.41, 5.74) is 2.50. The Morgan fingerprint density at radius 2 is 1.97 bits per heavy atom.